The van der Waals surface area contributed by atoms with Crippen LogP contribution in [0.5, 0.6) is 5.75 Å². The molecule has 3 aromatic carbocycles. The molecule has 5 heteroatoms. The summed E-state index contributed by atoms with van der Waals surface area (Å²) in [5, 5.41) is 7.79. The number of rotatable bonds is 2. The number of hydrogen-bond donors (Lipinski definition) is 0. The van der Waals surface area contributed by atoms with E-state index in [2.05, 4.69) is 45.2 Å². The van der Waals surface area contributed by atoms with Crippen molar-refractivity contribution in [3.63, 3.8) is 0 Å². The average molecular weight is 440 g/mol. The quantitative estimate of drug-likeness (QED) is 0.465. The summed E-state index contributed by atoms with van der Waals surface area (Å²) in [5.41, 5.74) is 4.40. The molecule has 0 radical (unpaired) electrons. The van der Waals surface area contributed by atoms with Crippen molar-refractivity contribution in [2.24, 2.45) is 5.10 Å². The lowest BCUT2D eigenvalue weighted by Crippen LogP contribution is -2.33. The van der Waals surface area contributed by atoms with Gasteiger partial charge in [0.05, 0.1) is 11.8 Å². The molecule has 0 spiro atoms. The van der Waals surface area contributed by atoms with Crippen LogP contribution in [0.15, 0.2) is 82.4 Å². The van der Waals surface area contributed by atoms with Crippen molar-refractivity contribution in [2.75, 3.05) is 0 Å². The Balaban J connectivity index is 1.60. The number of nitrogens with zero attached hydrogens (tertiary/aromatic N) is 2. The summed E-state index contributed by atoms with van der Waals surface area (Å²) in [5.74, 6) is 0.927. The van der Waals surface area contributed by atoms with Crippen molar-refractivity contribution in [1.82, 2.24) is 5.01 Å². The molecule has 0 unspecified atom stereocenters. The normalized spacial score (nSPS) is 20.5. The van der Waals surface area contributed by atoms with Gasteiger partial charge in [-0.25, -0.2) is 5.01 Å². The standard InChI is InChI=1S/C22H16BrClN2O/c23-16-5-3-4-15(12-16)22-26-20(18-6-1-2-7-21(18)27-22)13-19(25-26)14-8-10-17(24)11-9-14/h1-12,20,22H,13H2/t20-,22-/m1/s1. The van der Waals surface area contributed by atoms with E-state index in [0.717, 1.165) is 38.5 Å². The lowest BCUT2D eigenvalue weighted by molar-refractivity contribution is -0.0190. The molecule has 27 heavy (non-hydrogen) atoms. The first-order valence-electron chi connectivity index (χ1n) is 8.82. The minimum atomic E-state index is -0.257. The molecule has 5 rings (SSSR count). The first kappa shape index (κ1) is 16.8. The Kier molecular flexibility index (Phi) is 4.18. The molecule has 0 saturated carbocycles. The van der Waals surface area contributed by atoms with Crippen molar-refractivity contribution in [2.45, 2.75) is 18.7 Å². The fourth-order valence-electron chi connectivity index (χ4n) is 3.73. The minimum Gasteiger partial charge on any atom is -0.464 e. The highest BCUT2D eigenvalue weighted by molar-refractivity contribution is 9.10. The van der Waals surface area contributed by atoms with Crippen LogP contribution in [0, 0.1) is 0 Å². The van der Waals surface area contributed by atoms with Gasteiger partial charge in [-0.1, -0.05) is 70.0 Å². The third-order valence-corrected chi connectivity index (χ3v) is 5.76. The van der Waals surface area contributed by atoms with E-state index in [1.54, 1.807) is 0 Å². The van der Waals surface area contributed by atoms with E-state index < -0.39 is 0 Å². The van der Waals surface area contributed by atoms with E-state index >= 15 is 0 Å². The summed E-state index contributed by atoms with van der Waals surface area (Å²) < 4.78 is 7.40. The lowest BCUT2D eigenvalue weighted by Gasteiger charge is -2.38. The van der Waals surface area contributed by atoms with Crippen LogP contribution in [0.2, 0.25) is 5.02 Å². The zero-order chi connectivity index (χ0) is 18.4. The summed E-state index contributed by atoms with van der Waals surface area (Å²) in [4.78, 5) is 0. The van der Waals surface area contributed by atoms with Crippen LogP contribution >= 0.6 is 27.5 Å². The van der Waals surface area contributed by atoms with E-state index in [1.165, 1.54) is 5.56 Å². The molecule has 0 N–H and O–H groups in total. The summed E-state index contributed by atoms with van der Waals surface area (Å²) in [6.45, 7) is 0. The third kappa shape index (κ3) is 3.03. The first-order chi connectivity index (χ1) is 13.2. The largest absolute Gasteiger partial charge is 0.464 e. The smallest absolute Gasteiger partial charge is 0.213 e. The first-order valence-corrected chi connectivity index (χ1v) is 9.99. The summed E-state index contributed by atoms with van der Waals surface area (Å²) >= 11 is 9.62. The van der Waals surface area contributed by atoms with Gasteiger partial charge in [-0.15, -0.1) is 0 Å². The monoisotopic (exact) mass is 438 g/mol. The second-order valence-corrected chi connectivity index (χ2v) is 8.07. The number of halogens is 2. The Morgan fingerprint density at radius 2 is 1.81 bits per heavy atom. The van der Waals surface area contributed by atoms with E-state index in [-0.39, 0.29) is 12.3 Å². The van der Waals surface area contributed by atoms with E-state index in [1.807, 2.05) is 48.5 Å². The second-order valence-electron chi connectivity index (χ2n) is 6.72. The van der Waals surface area contributed by atoms with Gasteiger partial charge in [-0.2, -0.15) is 5.10 Å². The molecular weight excluding hydrogens is 424 g/mol. The van der Waals surface area contributed by atoms with Gasteiger partial charge in [0.25, 0.3) is 0 Å². The van der Waals surface area contributed by atoms with Crippen molar-refractivity contribution in [3.05, 3.63) is 99.0 Å². The van der Waals surface area contributed by atoms with Crippen molar-refractivity contribution in [3.8, 4) is 5.75 Å². The van der Waals surface area contributed by atoms with Gasteiger partial charge < -0.3 is 4.74 Å². The molecule has 0 aliphatic carbocycles. The Labute approximate surface area is 171 Å². The molecule has 3 nitrogen and oxygen atoms in total. The summed E-state index contributed by atoms with van der Waals surface area (Å²) in [6, 6.07) is 24.5. The Morgan fingerprint density at radius 3 is 2.63 bits per heavy atom. The van der Waals surface area contributed by atoms with Crippen LogP contribution < -0.4 is 4.74 Å². The maximum atomic E-state index is 6.37. The van der Waals surface area contributed by atoms with E-state index in [9.17, 15) is 0 Å². The number of para-hydroxylation sites is 1. The van der Waals surface area contributed by atoms with E-state index in [0.29, 0.717) is 0 Å². The molecule has 2 atom stereocenters. The number of hydrazone groups is 1. The van der Waals surface area contributed by atoms with Crippen molar-refractivity contribution >= 4 is 33.2 Å². The fourth-order valence-corrected chi connectivity index (χ4v) is 4.27. The molecule has 0 saturated heterocycles. The minimum absolute atomic E-state index is 0.157. The summed E-state index contributed by atoms with van der Waals surface area (Å²) in [7, 11) is 0. The maximum Gasteiger partial charge on any atom is 0.213 e. The van der Waals surface area contributed by atoms with Gasteiger partial charge in [0, 0.05) is 27.0 Å². The molecular formula is C22H16BrClN2O. The highest BCUT2D eigenvalue weighted by Crippen LogP contribution is 2.47. The van der Waals surface area contributed by atoms with Gasteiger partial charge in [-0.3, -0.25) is 0 Å². The van der Waals surface area contributed by atoms with Gasteiger partial charge in [0.1, 0.15) is 5.75 Å². The Bertz CT molecular complexity index is 1030. The molecule has 2 aliphatic heterocycles. The van der Waals surface area contributed by atoms with Gasteiger partial charge in [0.15, 0.2) is 0 Å². The molecule has 2 aliphatic rings. The number of fused-ring (bicyclic) bond motifs is 3. The van der Waals surface area contributed by atoms with Gasteiger partial charge in [-0.05, 0) is 35.9 Å². The van der Waals surface area contributed by atoms with Crippen molar-refractivity contribution < 1.29 is 4.74 Å². The molecule has 0 aromatic heterocycles. The molecule has 2 heterocycles. The number of ether oxygens (including phenoxy) is 1. The summed E-state index contributed by atoms with van der Waals surface area (Å²) in [6.07, 6.45) is 0.583. The zero-order valence-corrected chi connectivity index (χ0v) is 16.7. The average Bonchev–Trinajstić information content (AvgIpc) is 3.13. The molecule has 0 bridgehead atoms. The Morgan fingerprint density at radius 1 is 1.00 bits per heavy atom. The lowest BCUT2D eigenvalue weighted by atomic mass is 9.96. The van der Waals surface area contributed by atoms with Gasteiger partial charge >= 0.3 is 0 Å². The van der Waals surface area contributed by atoms with Crippen LogP contribution in [0.25, 0.3) is 0 Å². The van der Waals surface area contributed by atoms with Crippen LogP contribution in [0.1, 0.15) is 35.4 Å². The molecule has 134 valence electrons. The van der Waals surface area contributed by atoms with Gasteiger partial charge in [0.2, 0.25) is 6.23 Å². The third-order valence-electron chi connectivity index (χ3n) is 5.01. The van der Waals surface area contributed by atoms with Crippen molar-refractivity contribution in [1.29, 1.82) is 0 Å². The highest BCUT2D eigenvalue weighted by atomic mass is 79.9. The molecule has 0 fully saturated rings. The highest BCUT2D eigenvalue weighted by Gasteiger charge is 2.40. The molecule has 3 aromatic rings. The second kappa shape index (κ2) is 6.70. The van der Waals surface area contributed by atoms with Crippen LogP contribution in [0.4, 0.5) is 0 Å². The van der Waals surface area contributed by atoms with E-state index in [4.69, 9.17) is 21.4 Å². The van der Waals surface area contributed by atoms with Crippen LogP contribution in [-0.2, 0) is 0 Å². The van der Waals surface area contributed by atoms with Crippen LogP contribution in [-0.4, -0.2) is 10.7 Å². The zero-order valence-electron chi connectivity index (χ0n) is 14.3. The molecule has 0 amide bonds. The number of hydrogen-bond acceptors (Lipinski definition) is 3. The maximum absolute atomic E-state index is 6.37. The number of benzene rings is 3. The Hall–Kier alpha value is -2.30. The van der Waals surface area contributed by atoms with Crippen LogP contribution in [0.3, 0.4) is 0 Å². The SMILES string of the molecule is Clc1ccc(C2=NN3[C@H](C2)c2ccccc2O[C@@H]3c2cccc(Br)c2)cc1. The predicted octanol–water partition coefficient (Wildman–Crippen LogP) is 6.34. The fraction of sp³-hybridized carbons (Fsp3) is 0.136. The topological polar surface area (TPSA) is 24.8 Å². The predicted molar refractivity (Wildman–Crippen MR) is 111 cm³/mol.